The van der Waals surface area contributed by atoms with Gasteiger partial charge in [-0.1, -0.05) is 36.4 Å². The van der Waals surface area contributed by atoms with Crippen molar-refractivity contribution in [2.24, 2.45) is 5.73 Å². The number of benzene rings is 2. The molecule has 0 bridgehead atoms. The summed E-state index contributed by atoms with van der Waals surface area (Å²) in [5, 5.41) is 0. The van der Waals surface area contributed by atoms with Gasteiger partial charge in [0, 0.05) is 18.2 Å². The van der Waals surface area contributed by atoms with E-state index in [1.54, 1.807) is 0 Å². The van der Waals surface area contributed by atoms with Gasteiger partial charge in [0.05, 0.1) is 11.0 Å². The first-order valence-corrected chi connectivity index (χ1v) is 6.95. The number of hydrogen-bond donors (Lipinski definition) is 1. The molecule has 0 amide bonds. The molecule has 0 radical (unpaired) electrons. The van der Waals surface area contributed by atoms with E-state index in [1.165, 1.54) is 11.1 Å². The van der Waals surface area contributed by atoms with Gasteiger partial charge in [0.25, 0.3) is 0 Å². The minimum Gasteiger partial charge on any atom is -0.328 e. The first-order valence-electron chi connectivity index (χ1n) is 6.95. The largest absolute Gasteiger partial charge is 0.328 e. The normalized spacial score (nSPS) is 12.8. The lowest BCUT2D eigenvalue weighted by molar-refractivity contribution is 0.578. The van der Waals surface area contributed by atoms with E-state index < -0.39 is 0 Å². The number of nitrogens with zero attached hydrogens (tertiary/aromatic N) is 2. The van der Waals surface area contributed by atoms with E-state index in [0.717, 1.165) is 16.9 Å². The van der Waals surface area contributed by atoms with Crippen LogP contribution in [0.2, 0.25) is 0 Å². The van der Waals surface area contributed by atoms with Gasteiger partial charge in [0.2, 0.25) is 0 Å². The maximum atomic E-state index is 5.89. The third kappa shape index (κ3) is 2.00. The second-order valence-electron chi connectivity index (χ2n) is 5.19. The second kappa shape index (κ2) is 5.10. The lowest BCUT2D eigenvalue weighted by Crippen LogP contribution is -2.17. The van der Waals surface area contributed by atoms with Crippen LogP contribution in [0.3, 0.4) is 0 Å². The second-order valence-corrected chi connectivity index (χ2v) is 5.19. The van der Waals surface area contributed by atoms with Crippen LogP contribution in [0.1, 0.15) is 18.5 Å². The molecule has 0 saturated carbocycles. The van der Waals surface area contributed by atoms with Gasteiger partial charge < -0.3 is 10.3 Å². The van der Waals surface area contributed by atoms with Gasteiger partial charge in [0.1, 0.15) is 5.82 Å². The Labute approximate surface area is 119 Å². The fourth-order valence-electron chi connectivity index (χ4n) is 2.61. The van der Waals surface area contributed by atoms with Crippen LogP contribution in [-0.4, -0.2) is 16.1 Å². The van der Waals surface area contributed by atoms with Crippen LogP contribution in [0.15, 0.2) is 48.5 Å². The minimum absolute atomic E-state index is 0.219. The molecular weight excluding hydrogens is 246 g/mol. The average Bonchev–Trinajstić information content (AvgIpc) is 2.86. The van der Waals surface area contributed by atoms with Gasteiger partial charge >= 0.3 is 0 Å². The van der Waals surface area contributed by atoms with Crippen molar-refractivity contribution in [2.45, 2.75) is 19.9 Å². The van der Waals surface area contributed by atoms with Crippen LogP contribution in [-0.2, 0) is 0 Å². The quantitative estimate of drug-likeness (QED) is 0.787. The van der Waals surface area contributed by atoms with E-state index in [0.29, 0.717) is 6.54 Å². The van der Waals surface area contributed by atoms with Crippen molar-refractivity contribution >= 4 is 11.0 Å². The Morgan fingerprint density at radius 3 is 2.55 bits per heavy atom. The molecule has 3 nitrogen and oxygen atoms in total. The Morgan fingerprint density at radius 1 is 1.10 bits per heavy atom. The number of nitrogens with two attached hydrogens (primary N) is 1. The summed E-state index contributed by atoms with van der Waals surface area (Å²) < 4.78 is 2.25. The molecule has 0 saturated heterocycles. The zero-order chi connectivity index (χ0) is 14.1. The molecule has 0 aliphatic carbocycles. The first-order chi connectivity index (χ1) is 9.72. The summed E-state index contributed by atoms with van der Waals surface area (Å²) in [6.45, 7) is 4.85. The predicted octanol–water partition coefficient (Wildman–Crippen LogP) is 3.53. The first kappa shape index (κ1) is 12.9. The molecule has 0 aliphatic rings. The molecule has 1 heterocycles. The Bertz CT molecular complexity index is 743. The SMILES string of the molecule is Cc1ccccc1-c1nc2ccccc2n1C(C)CN. The summed E-state index contributed by atoms with van der Waals surface area (Å²) in [7, 11) is 0. The smallest absolute Gasteiger partial charge is 0.141 e. The number of fused-ring (bicyclic) bond motifs is 1. The summed E-state index contributed by atoms with van der Waals surface area (Å²) in [4.78, 5) is 4.82. The summed E-state index contributed by atoms with van der Waals surface area (Å²) >= 11 is 0. The van der Waals surface area contributed by atoms with Gasteiger partial charge in [-0.05, 0) is 31.5 Å². The van der Waals surface area contributed by atoms with Gasteiger partial charge in [-0.25, -0.2) is 4.98 Å². The zero-order valence-corrected chi connectivity index (χ0v) is 11.9. The third-order valence-corrected chi connectivity index (χ3v) is 3.76. The number of hydrogen-bond acceptors (Lipinski definition) is 2. The average molecular weight is 265 g/mol. The zero-order valence-electron chi connectivity index (χ0n) is 11.9. The number of aromatic nitrogens is 2. The van der Waals surface area contributed by atoms with E-state index >= 15 is 0 Å². The Hall–Kier alpha value is -2.13. The van der Waals surface area contributed by atoms with Crippen molar-refractivity contribution in [2.75, 3.05) is 6.54 Å². The van der Waals surface area contributed by atoms with Crippen molar-refractivity contribution < 1.29 is 0 Å². The van der Waals surface area contributed by atoms with E-state index in [4.69, 9.17) is 10.7 Å². The highest BCUT2D eigenvalue weighted by Gasteiger charge is 2.17. The number of aryl methyl sites for hydroxylation is 1. The molecule has 0 aliphatic heterocycles. The fourth-order valence-corrected chi connectivity index (χ4v) is 2.61. The number of rotatable bonds is 3. The van der Waals surface area contributed by atoms with Crippen molar-refractivity contribution in [3.8, 4) is 11.4 Å². The van der Waals surface area contributed by atoms with Gasteiger partial charge in [-0.3, -0.25) is 0 Å². The molecular formula is C17H19N3. The molecule has 0 spiro atoms. The van der Waals surface area contributed by atoms with Crippen LogP contribution in [0, 0.1) is 6.92 Å². The maximum absolute atomic E-state index is 5.89. The highest BCUT2D eigenvalue weighted by molar-refractivity contribution is 5.81. The van der Waals surface area contributed by atoms with Gasteiger partial charge in [-0.15, -0.1) is 0 Å². The topological polar surface area (TPSA) is 43.8 Å². The fraction of sp³-hybridized carbons (Fsp3) is 0.235. The Kier molecular flexibility index (Phi) is 3.28. The highest BCUT2D eigenvalue weighted by atomic mass is 15.1. The van der Waals surface area contributed by atoms with Crippen molar-refractivity contribution in [3.63, 3.8) is 0 Å². The van der Waals surface area contributed by atoms with E-state index in [1.807, 2.05) is 12.1 Å². The summed E-state index contributed by atoms with van der Waals surface area (Å²) in [6, 6.07) is 16.8. The molecule has 102 valence electrons. The summed E-state index contributed by atoms with van der Waals surface area (Å²) in [6.07, 6.45) is 0. The molecule has 3 aromatic rings. The van der Waals surface area contributed by atoms with E-state index in [2.05, 4.69) is 54.8 Å². The third-order valence-electron chi connectivity index (χ3n) is 3.76. The van der Waals surface area contributed by atoms with Crippen LogP contribution < -0.4 is 5.73 Å². The lowest BCUT2D eigenvalue weighted by atomic mass is 10.1. The Morgan fingerprint density at radius 2 is 1.80 bits per heavy atom. The van der Waals surface area contributed by atoms with Crippen LogP contribution in [0.5, 0.6) is 0 Å². The number of imidazole rings is 1. The molecule has 0 fully saturated rings. The Balaban J connectivity index is 2.32. The summed E-state index contributed by atoms with van der Waals surface area (Å²) in [5.41, 5.74) is 10.5. The molecule has 3 rings (SSSR count). The molecule has 1 unspecified atom stereocenters. The molecule has 2 N–H and O–H groups in total. The van der Waals surface area contributed by atoms with Gasteiger partial charge in [-0.2, -0.15) is 0 Å². The minimum atomic E-state index is 0.219. The molecule has 1 aromatic heterocycles. The summed E-state index contributed by atoms with van der Waals surface area (Å²) in [5.74, 6) is 1.00. The molecule has 2 aromatic carbocycles. The van der Waals surface area contributed by atoms with Crippen molar-refractivity contribution in [3.05, 3.63) is 54.1 Å². The number of para-hydroxylation sites is 2. The lowest BCUT2D eigenvalue weighted by Gasteiger charge is -2.16. The standard InChI is InChI=1S/C17H19N3/c1-12-7-3-4-8-14(12)17-19-15-9-5-6-10-16(15)20(17)13(2)11-18/h3-10,13H,11,18H2,1-2H3. The monoisotopic (exact) mass is 265 g/mol. The maximum Gasteiger partial charge on any atom is 0.141 e. The van der Waals surface area contributed by atoms with E-state index in [9.17, 15) is 0 Å². The molecule has 20 heavy (non-hydrogen) atoms. The van der Waals surface area contributed by atoms with Crippen LogP contribution in [0.4, 0.5) is 0 Å². The van der Waals surface area contributed by atoms with Crippen molar-refractivity contribution in [1.29, 1.82) is 0 Å². The van der Waals surface area contributed by atoms with Gasteiger partial charge in [0.15, 0.2) is 0 Å². The van der Waals surface area contributed by atoms with Crippen molar-refractivity contribution in [1.82, 2.24) is 9.55 Å². The van der Waals surface area contributed by atoms with Crippen LogP contribution >= 0.6 is 0 Å². The van der Waals surface area contributed by atoms with E-state index in [-0.39, 0.29) is 6.04 Å². The molecule has 1 atom stereocenters. The van der Waals surface area contributed by atoms with Crippen LogP contribution in [0.25, 0.3) is 22.4 Å². The molecule has 3 heteroatoms. The highest BCUT2D eigenvalue weighted by Crippen LogP contribution is 2.29. The predicted molar refractivity (Wildman–Crippen MR) is 83.7 cm³/mol.